The first-order valence-corrected chi connectivity index (χ1v) is 12.5. The number of hydrogen-bond acceptors (Lipinski definition) is 3. The van der Waals surface area contributed by atoms with Crippen LogP contribution in [0.4, 0.5) is 10.5 Å². The Kier molecular flexibility index (Phi) is 7.14. The molecular formula is C27H41N3O2. The van der Waals surface area contributed by atoms with Gasteiger partial charge in [0.15, 0.2) is 0 Å². The van der Waals surface area contributed by atoms with Crippen molar-refractivity contribution < 1.29 is 9.53 Å². The second-order valence-electron chi connectivity index (χ2n) is 10.6. The van der Waals surface area contributed by atoms with Gasteiger partial charge in [0, 0.05) is 37.4 Å². The van der Waals surface area contributed by atoms with Crippen molar-refractivity contribution in [2.75, 3.05) is 38.6 Å². The number of nitrogens with one attached hydrogen (secondary N) is 1. The Morgan fingerprint density at radius 2 is 2.16 bits per heavy atom. The molecule has 1 saturated carbocycles. The highest BCUT2D eigenvalue weighted by Gasteiger charge is 2.51. The molecule has 3 unspecified atom stereocenters. The van der Waals surface area contributed by atoms with Crippen molar-refractivity contribution in [1.82, 2.24) is 9.80 Å². The van der Waals surface area contributed by atoms with Crippen molar-refractivity contribution in [1.29, 1.82) is 0 Å². The average Bonchev–Trinajstić information content (AvgIpc) is 2.79. The Balaban J connectivity index is 1.42. The van der Waals surface area contributed by atoms with E-state index >= 15 is 0 Å². The number of anilines is 1. The van der Waals surface area contributed by atoms with Gasteiger partial charge in [-0.25, -0.2) is 4.79 Å². The number of allylic oxidation sites excluding steroid dienone is 1. The third-order valence-corrected chi connectivity index (χ3v) is 8.38. The average molecular weight is 440 g/mol. The van der Waals surface area contributed by atoms with Crippen LogP contribution in [0.3, 0.4) is 0 Å². The summed E-state index contributed by atoms with van der Waals surface area (Å²) in [5.41, 5.74) is 2.62. The second kappa shape index (κ2) is 9.86. The molecule has 32 heavy (non-hydrogen) atoms. The van der Waals surface area contributed by atoms with Crippen LogP contribution in [-0.2, 0) is 0 Å². The zero-order valence-corrected chi connectivity index (χ0v) is 20.4. The quantitative estimate of drug-likeness (QED) is 0.522. The summed E-state index contributed by atoms with van der Waals surface area (Å²) in [5, 5.41) is 3.12. The summed E-state index contributed by atoms with van der Waals surface area (Å²) in [6.07, 6.45) is 9.83. The van der Waals surface area contributed by atoms with E-state index in [0.29, 0.717) is 17.4 Å². The Hall–Kier alpha value is -2.01. The van der Waals surface area contributed by atoms with Gasteiger partial charge in [-0.1, -0.05) is 38.0 Å². The van der Waals surface area contributed by atoms with Gasteiger partial charge in [0.05, 0.1) is 7.11 Å². The summed E-state index contributed by atoms with van der Waals surface area (Å²) in [4.78, 5) is 18.0. The van der Waals surface area contributed by atoms with Crippen LogP contribution in [0, 0.1) is 17.3 Å². The Morgan fingerprint density at radius 3 is 2.88 bits per heavy atom. The van der Waals surface area contributed by atoms with E-state index in [1.807, 2.05) is 29.2 Å². The highest BCUT2D eigenvalue weighted by atomic mass is 16.5. The number of piperidine rings is 1. The lowest BCUT2D eigenvalue weighted by Gasteiger charge is -2.57. The molecule has 176 valence electrons. The molecule has 2 bridgehead atoms. The summed E-state index contributed by atoms with van der Waals surface area (Å²) in [6.45, 7) is 10.9. The van der Waals surface area contributed by atoms with Crippen molar-refractivity contribution >= 4 is 11.7 Å². The van der Waals surface area contributed by atoms with Crippen LogP contribution >= 0.6 is 0 Å². The van der Waals surface area contributed by atoms with Crippen molar-refractivity contribution in [2.24, 2.45) is 17.3 Å². The van der Waals surface area contributed by atoms with Gasteiger partial charge < -0.3 is 19.9 Å². The Bertz CT molecular complexity index is 834. The summed E-state index contributed by atoms with van der Waals surface area (Å²) < 4.78 is 5.32. The van der Waals surface area contributed by atoms with Crippen LogP contribution in [-0.4, -0.2) is 55.2 Å². The highest BCUT2D eigenvalue weighted by Crippen LogP contribution is 2.59. The van der Waals surface area contributed by atoms with Crippen LogP contribution in [0.2, 0.25) is 0 Å². The van der Waals surface area contributed by atoms with Crippen molar-refractivity contribution in [3.8, 4) is 5.75 Å². The predicted molar refractivity (Wildman–Crippen MR) is 131 cm³/mol. The minimum Gasteiger partial charge on any atom is -0.497 e. The standard InChI is InChI=1S/C27H41N3O2/c1-20-9-5-6-14-29(20)15-8-16-30(19-21-12-13-22-17-25(21)27(22,2)3)26(31)28-23-10-7-11-24(18-23)32-4/h7,10-12,18,20,22,25H,5-6,8-9,13-17,19H2,1-4H3,(H,28,31). The molecule has 4 aliphatic rings. The first kappa shape index (κ1) is 23.2. The number of fused-ring (bicyclic) bond motifs is 1. The molecule has 0 aromatic heterocycles. The third kappa shape index (κ3) is 4.98. The zero-order valence-electron chi connectivity index (χ0n) is 20.4. The zero-order chi connectivity index (χ0) is 22.7. The number of hydrogen-bond donors (Lipinski definition) is 1. The predicted octanol–water partition coefficient (Wildman–Crippen LogP) is 5.79. The van der Waals surface area contributed by atoms with Gasteiger partial charge in [0.1, 0.15) is 5.75 Å². The number of amides is 2. The summed E-state index contributed by atoms with van der Waals surface area (Å²) in [7, 11) is 1.65. The van der Waals surface area contributed by atoms with E-state index in [0.717, 1.165) is 49.8 Å². The molecule has 1 aliphatic heterocycles. The number of ether oxygens (including phenoxy) is 1. The molecule has 0 radical (unpaired) electrons. The fourth-order valence-electron chi connectivity index (χ4n) is 5.99. The fourth-order valence-corrected chi connectivity index (χ4v) is 5.99. The minimum absolute atomic E-state index is 0.00917. The molecule has 1 saturated heterocycles. The number of likely N-dealkylation sites (tertiary alicyclic amines) is 1. The lowest BCUT2D eigenvalue weighted by atomic mass is 9.49. The molecule has 0 spiro atoms. The molecule has 2 fully saturated rings. The van der Waals surface area contributed by atoms with Crippen molar-refractivity contribution in [3.05, 3.63) is 35.9 Å². The van der Waals surface area contributed by atoms with E-state index in [1.165, 1.54) is 37.8 Å². The summed E-state index contributed by atoms with van der Waals surface area (Å²) in [5.74, 6) is 2.19. The highest BCUT2D eigenvalue weighted by molar-refractivity contribution is 5.89. The van der Waals surface area contributed by atoms with Crippen LogP contribution in [0.15, 0.2) is 35.9 Å². The number of methoxy groups -OCH3 is 1. The van der Waals surface area contributed by atoms with E-state index in [1.54, 1.807) is 7.11 Å². The molecule has 1 N–H and O–H groups in total. The molecule has 3 aliphatic carbocycles. The molecular weight excluding hydrogens is 398 g/mol. The van der Waals surface area contributed by atoms with Crippen LogP contribution in [0.5, 0.6) is 5.75 Å². The maximum absolute atomic E-state index is 13.3. The molecule has 5 nitrogen and oxygen atoms in total. The monoisotopic (exact) mass is 439 g/mol. The molecule has 3 atom stereocenters. The van der Waals surface area contributed by atoms with Gasteiger partial charge >= 0.3 is 6.03 Å². The van der Waals surface area contributed by atoms with Gasteiger partial charge in [-0.3, -0.25) is 0 Å². The van der Waals surface area contributed by atoms with Crippen molar-refractivity contribution in [3.63, 3.8) is 0 Å². The van der Waals surface area contributed by atoms with E-state index in [4.69, 9.17) is 4.74 Å². The first-order valence-electron chi connectivity index (χ1n) is 12.5. The van der Waals surface area contributed by atoms with Gasteiger partial charge in [-0.05, 0) is 75.0 Å². The minimum atomic E-state index is -0.00917. The fraction of sp³-hybridized carbons (Fsp3) is 0.667. The summed E-state index contributed by atoms with van der Waals surface area (Å²) in [6, 6.07) is 8.27. The summed E-state index contributed by atoms with van der Waals surface area (Å²) >= 11 is 0. The number of carbonyl (C=O) groups is 1. The second-order valence-corrected chi connectivity index (χ2v) is 10.6. The first-order chi connectivity index (χ1) is 15.4. The Labute approximate surface area is 194 Å². The molecule has 5 rings (SSSR count). The van der Waals surface area contributed by atoms with Crippen LogP contribution in [0.1, 0.15) is 59.3 Å². The number of rotatable bonds is 8. The largest absolute Gasteiger partial charge is 0.497 e. The normalized spacial score (nSPS) is 26.6. The van der Waals surface area contributed by atoms with Gasteiger partial charge in [0.2, 0.25) is 0 Å². The van der Waals surface area contributed by atoms with E-state index in [2.05, 4.69) is 37.1 Å². The van der Waals surface area contributed by atoms with Gasteiger partial charge in [-0.15, -0.1) is 0 Å². The van der Waals surface area contributed by atoms with Crippen LogP contribution < -0.4 is 10.1 Å². The number of urea groups is 1. The maximum Gasteiger partial charge on any atom is 0.322 e. The third-order valence-electron chi connectivity index (χ3n) is 8.38. The van der Waals surface area contributed by atoms with Crippen molar-refractivity contribution in [2.45, 2.75) is 65.3 Å². The number of benzene rings is 1. The molecule has 5 heteroatoms. The maximum atomic E-state index is 13.3. The molecule has 1 aromatic carbocycles. The van der Waals surface area contributed by atoms with Gasteiger partial charge in [-0.2, -0.15) is 0 Å². The smallest absolute Gasteiger partial charge is 0.322 e. The molecule has 2 amide bonds. The van der Waals surface area contributed by atoms with E-state index < -0.39 is 0 Å². The van der Waals surface area contributed by atoms with Crippen LogP contribution in [0.25, 0.3) is 0 Å². The number of carbonyl (C=O) groups excluding carboxylic acids is 1. The van der Waals surface area contributed by atoms with Gasteiger partial charge in [0.25, 0.3) is 0 Å². The molecule has 1 heterocycles. The topological polar surface area (TPSA) is 44.8 Å². The Morgan fingerprint density at radius 1 is 1.31 bits per heavy atom. The molecule has 1 aromatic rings. The SMILES string of the molecule is COc1cccc(NC(=O)N(CCCN2CCCCC2C)CC2=CCC3CC2C3(C)C)c1. The number of nitrogens with zero attached hydrogens (tertiary/aromatic N) is 2. The lowest BCUT2D eigenvalue weighted by molar-refractivity contribution is -0.00958. The van der Waals surface area contributed by atoms with E-state index in [9.17, 15) is 4.79 Å². The van der Waals surface area contributed by atoms with E-state index in [-0.39, 0.29) is 6.03 Å². The lowest BCUT2D eigenvalue weighted by Crippen LogP contribution is -2.50.